The molecule has 1 heterocycles. The summed E-state index contributed by atoms with van der Waals surface area (Å²) in [5.41, 5.74) is 7.77. The van der Waals surface area contributed by atoms with Crippen LogP contribution in [-0.2, 0) is 11.2 Å². The molecule has 2 aromatic rings. The van der Waals surface area contributed by atoms with Gasteiger partial charge in [-0.3, -0.25) is 4.79 Å². The first-order chi connectivity index (χ1) is 10.2. The van der Waals surface area contributed by atoms with Gasteiger partial charge in [0.1, 0.15) is 6.33 Å². The fourth-order valence-electron chi connectivity index (χ4n) is 2.22. The normalized spacial score (nSPS) is 15.7. The highest BCUT2D eigenvalue weighted by Crippen LogP contribution is 2.31. The largest absolute Gasteiger partial charge is 0.354 e. The van der Waals surface area contributed by atoms with E-state index in [2.05, 4.69) is 20.8 Å². The van der Waals surface area contributed by atoms with Crippen molar-refractivity contribution in [3.8, 4) is 5.69 Å². The van der Waals surface area contributed by atoms with E-state index in [9.17, 15) is 4.79 Å². The van der Waals surface area contributed by atoms with Gasteiger partial charge in [0.2, 0.25) is 5.91 Å². The van der Waals surface area contributed by atoms with Gasteiger partial charge >= 0.3 is 0 Å². The molecule has 0 saturated heterocycles. The van der Waals surface area contributed by atoms with Crippen molar-refractivity contribution in [2.75, 3.05) is 6.54 Å². The number of tetrazole rings is 1. The number of amides is 1. The molecule has 1 aliphatic rings. The lowest BCUT2D eigenvalue weighted by Crippen LogP contribution is -2.39. The van der Waals surface area contributed by atoms with Gasteiger partial charge in [-0.1, -0.05) is 12.1 Å². The third-order valence-electron chi connectivity index (χ3n) is 3.68. The number of nitrogens with two attached hydrogens (primary N) is 1. The van der Waals surface area contributed by atoms with E-state index >= 15 is 0 Å². The fourth-order valence-corrected chi connectivity index (χ4v) is 2.22. The second kappa shape index (κ2) is 6.01. The van der Waals surface area contributed by atoms with Gasteiger partial charge in [0.15, 0.2) is 0 Å². The van der Waals surface area contributed by atoms with E-state index in [1.807, 2.05) is 24.3 Å². The van der Waals surface area contributed by atoms with Crippen molar-refractivity contribution in [2.24, 2.45) is 11.7 Å². The van der Waals surface area contributed by atoms with Gasteiger partial charge in [-0.15, -0.1) is 5.10 Å². The summed E-state index contributed by atoms with van der Waals surface area (Å²) in [4.78, 5) is 11.9. The van der Waals surface area contributed by atoms with Crippen LogP contribution in [0.1, 0.15) is 18.4 Å². The predicted molar refractivity (Wildman–Crippen MR) is 76.6 cm³/mol. The highest BCUT2D eigenvalue weighted by molar-refractivity contribution is 5.78. The molecule has 0 aliphatic heterocycles. The van der Waals surface area contributed by atoms with Crippen molar-refractivity contribution in [1.29, 1.82) is 0 Å². The van der Waals surface area contributed by atoms with Gasteiger partial charge in [0.25, 0.3) is 0 Å². The number of nitrogens with one attached hydrogen (secondary N) is 1. The van der Waals surface area contributed by atoms with Crippen LogP contribution in [-0.4, -0.2) is 38.7 Å². The molecule has 1 unspecified atom stereocenters. The lowest BCUT2D eigenvalue weighted by atomic mass is 10.1. The Balaban J connectivity index is 1.51. The molecule has 3 rings (SSSR count). The Morgan fingerprint density at radius 2 is 2.14 bits per heavy atom. The van der Waals surface area contributed by atoms with E-state index in [0.717, 1.165) is 11.3 Å². The first-order valence-electron chi connectivity index (χ1n) is 7.07. The van der Waals surface area contributed by atoms with E-state index in [-0.39, 0.29) is 11.9 Å². The first-order valence-corrected chi connectivity index (χ1v) is 7.07. The van der Waals surface area contributed by atoms with E-state index < -0.39 is 0 Å². The third kappa shape index (κ3) is 3.63. The molecule has 0 spiro atoms. The van der Waals surface area contributed by atoms with Gasteiger partial charge in [-0.2, -0.15) is 0 Å². The van der Waals surface area contributed by atoms with Gasteiger partial charge in [-0.05, 0) is 46.9 Å². The van der Waals surface area contributed by atoms with Crippen molar-refractivity contribution in [3.63, 3.8) is 0 Å². The third-order valence-corrected chi connectivity index (χ3v) is 3.68. The fraction of sp³-hybridized carbons (Fsp3) is 0.429. The molecule has 1 aromatic heterocycles. The second-order valence-corrected chi connectivity index (χ2v) is 5.40. The summed E-state index contributed by atoms with van der Waals surface area (Å²) in [5.74, 6) is 0.599. The Hall–Kier alpha value is -2.28. The number of hydrogen-bond donors (Lipinski definition) is 2. The molecular weight excluding hydrogens is 268 g/mol. The van der Waals surface area contributed by atoms with E-state index in [4.69, 9.17) is 5.73 Å². The zero-order chi connectivity index (χ0) is 14.7. The van der Waals surface area contributed by atoms with Crippen LogP contribution in [0.15, 0.2) is 30.6 Å². The maximum absolute atomic E-state index is 11.9. The summed E-state index contributed by atoms with van der Waals surface area (Å²) < 4.78 is 1.57. The number of benzene rings is 1. The van der Waals surface area contributed by atoms with Gasteiger partial charge in [0.05, 0.1) is 12.1 Å². The molecule has 0 radical (unpaired) electrons. The van der Waals surface area contributed by atoms with Crippen LogP contribution < -0.4 is 11.1 Å². The molecule has 1 aromatic carbocycles. The quantitative estimate of drug-likeness (QED) is 0.782. The minimum atomic E-state index is 0.00118. The highest BCUT2D eigenvalue weighted by atomic mass is 16.1. The Bertz CT molecular complexity index is 590. The minimum Gasteiger partial charge on any atom is -0.354 e. The minimum absolute atomic E-state index is 0.00118. The zero-order valence-electron chi connectivity index (χ0n) is 11.6. The van der Waals surface area contributed by atoms with Crippen molar-refractivity contribution >= 4 is 5.91 Å². The monoisotopic (exact) mass is 286 g/mol. The number of nitrogens with zero attached hydrogens (tertiary/aromatic N) is 4. The molecule has 110 valence electrons. The Morgan fingerprint density at radius 3 is 2.76 bits per heavy atom. The van der Waals surface area contributed by atoms with Crippen molar-refractivity contribution < 1.29 is 4.79 Å². The van der Waals surface area contributed by atoms with Crippen LogP contribution in [0.3, 0.4) is 0 Å². The summed E-state index contributed by atoms with van der Waals surface area (Å²) in [5, 5.41) is 13.9. The molecule has 7 heteroatoms. The summed E-state index contributed by atoms with van der Waals surface area (Å²) in [6.07, 6.45) is 4.26. The zero-order valence-corrected chi connectivity index (χ0v) is 11.6. The molecule has 21 heavy (non-hydrogen) atoms. The van der Waals surface area contributed by atoms with Crippen molar-refractivity contribution in [1.82, 2.24) is 25.5 Å². The molecule has 1 fully saturated rings. The highest BCUT2D eigenvalue weighted by Gasteiger charge is 2.28. The van der Waals surface area contributed by atoms with Crippen molar-refractivity contribution in [2.45, 2.75) is 25.3 Å². The van der Waals surface area contributed by atoms with Gasteiger partial charge in [-0.25, -0.2) is 4.68 Å². The lowest BCUT2D eigenvalue weighted by Gasteiger charge is -2.11. The number of carbonyl (C=O) groups excluding carboxylic acids is 1. The standard InChI is InChI=1S/C14H18N6O/c15-13(11-3-4-11)8-16-14(21)7-10-1-5-12(6-2-10)20-9-17-18-19-20/h1-2,5-6,9,11,13H,3-4,7-8,15H2,(H,16,21). The smallest absolute Gasteiger partial charge is 0.224 e. The number of carbonyl (C=O) groups is 1. The van der Waals surface area contributed by atoms with Crippen LogP contribution in [0.2, 0.25) is 0 Å². The molecule has 1 amide bonds. The molecular formula is C14H18N6O. The van der Waals surface area contributed by atoms with Crippen LogP contribution >= 0.6 is 0 Å². The molecule has 1 aliphatic carbocycles. The maximum Gasteiger partial charge on any atom is 0.224 e. The number of aromatic nitrogens is 4. The van der Waals surface area contributed by atoms with E-state index in [0.29, 0.717) is 18.9 Å². The molecule has 3 N–H and O–H groups in total. The molecule has 1 atom stereocenters. The number of rotatable bonds is 6. The average Bonchev–Trinajstić information content (AvgIpc) is 3.21. The van der Waals surface area contributed by atoms with Crippen molar-refractivity contribution in [3.05, 3.63) is 36.2 Å². The Morgan fingerprint density at radius 1 is 1.38 bits per heavy atom. The first kappa shape index (κ1) is 13.7. The Labute approximate surface area is 122 Å². The van der Waals surface area contributed by atoms with E-state index in [1.165, 1.54) is 19.2 Å². The van der Waals surface area contributed by atoms with Gasteiger partial charge in [0, 0.05) is 12.6 Å². The summed E-state index contributed by atoms with van der Waals surface area (Å²) in [7, 11) is 0. The van der Waals surface area contributed by atoms with Gasteiger partial charge < -0.3 is 11.1 Å². The van der Waals surface area contributed by atoms with Crippen LogP contribution in [0.25, 0.3) is 5.69 Å². The summed E-state index contributed by atoms with van der Waals surface area (Å²) in [6.45, 7) is 0.562. The topological polar surface area (TPSA) is 98.7 Å². The molecule has 7 nitrogen and oxygen atoms in total. The van der Waals surface area contributed by atoms with Crippen LogP contribution in [0.4, 0.5) is 0 Å². The summed E-state index contributed by atoms with van der Waals surface area (Å²) >= 11 is 0. The van der Waals surface area contributed by atoms with E-state index in [1.54, 1.807) is 4.68 Å². The Kier molecular flexibility index (Phi) is 3.92. The molecule has 1 saturated carbocycles. The predicted octanol–water partition coefficient (Wildman–Crippen LogP) is 0.0583. The average molecular weight is 286 g/mol. The number of hydrogen-bond acceptors (Lipinski definition) is 5. The van der Waals surface area contributed by atoms with Crippen LogP contribution in [0, 0.1) is 5.92 Å². The lowest BCUT2D eigenvalue weighted by molar-refractivity contribution is -0.120. The second-order valence-electron chi connectivity index (χ2n) is 5.40. The molecule has 0 bridgehead atoms. The SMILES string of the molecule is NC(CNC(=O)Cc1ccc(-n2cnnn2)cc1)C1CC1. The summed E-state index contributed by atoms with van der Waals surface area (Å²) in [6, 6.07) is 7.66. The van der Waals surface area contributed by atoms with Crippen LogP contribution in [0.5, 0.6) is 0 Å². The maximum atomic E-state index is 11.9.